The minimum Gasteiger partial charge on any atom is -0.303 e. The fourth-order valence-corrected chi connectivity index (χ4v) is 2.90. The number of halogens is 1. The second kappa shape index (κ2) is 7.11. The number of rotatable bonds is 5. The van der Waals surface area contributed by atoms with Crippen LogP contribution in [0.4, 0.5) is 0 Å². The van der Waals surface area contributed by atoms with Crippen LogP contribution in [0.15, 0.2) is 48.5 Å². The molecule has 0 aliphatic heterocycles. The Kier molecular flexibility index (Phi) is 5.44. The number of nitrogens with one attached hydrogen (secondary N) is 1. The van der Waals surface area contributed by atoms with Gasteiger partial charge in [0, 0.05) is 17.1 Å². The first-order chi connectivity index (χ1) is 9.99. The second-order valence-electron chi connectivity index (χ2n) is 6.02. The van der Waals surface area contributed by atoms with E-state index in [9.17, 15) is 0 Å². The molecule has 2 aromatic rings. The third-order valence-corrected chi connectivity index (χ3v) is 4.23. The third-order valence-electron chi connectivity index (χ3n) is 3.98. The van der Waals surface area contributed by atoms with Gasteiger partial charge in [0.1, 0.15) is 0 Å². The second-order valence-corrected chi connectivity index (χ2v) is 6.45. The Balaban J connectivity index is 2.20. The SMILES string of the molecule is Cc1ccccc1C(C)NC(c1ccc(Cl)cc1)C(C)C. The lowest BCUT2D eigenvalue weighted by Crippen LogP contribution is -2.28. The van der Waals surface area contributed by atoms with Crippen molar-refractivity contribution in [2.45, 2.75) is 39.8 Å². The summed E-state index contributed by atoms with van der Waals surface area (Å²) >= 11 is 6.00. The fraction of sp³-hybridized carbons (Fsp3) is 0.368. The molecule has 0 fully saturated rings. The molecule has 2 unspecified atom stereocenters. The van der Waals surface area contributed by atoms with E-state index in [2.05, 4.69) is 69.4 Å². The van der Waals surface area contributed by atoms with Crippen molar-refractivity contribution in [2.75, 3.05) is 0 Å². The Hall–Kier alpha value is -1.31. The minimum atomic E-state index is 0.314. The average Bonchev–Trinajstić information content (AvgIpc) is 2.46. The molecule has 0 amide bonds. The molecule has 21 heavy (non-hydrogen) atoms. The van der Waals surface area contributed by atoms with E-state index in [1.165, 1.54) is 16.7 Å². The highest BCUT2D eigenvalue weighted by atomic mass is 35.5. The molecule has 1 N–H and O–H groups in total. The molecule has 112 valence electrons. The largest absolute Gasteiger partial charge is 0.303 e. The summed E-state index contributed by atoms with van der Waals surface area (Å²) in [6.07, 6.45) is 0. The summed E-state index contributed by atoms with van der Waals surface area (Å²) in [5.41, 5.74) is 3.98. The van der Waals surface area contributed by atoms with Crippen LogP contribution < -0.4 is 5.32 Å². The van der Waals surface area contributed by atoms with Crippen molar-refractivity contribution in [1.82, 2.24) is 5.32 Å². The number of hydrogen-bond donors (Lipinski definition) is 1. The van der Waals surface area contributed by atoms with Crippen molar-refractivity contribution in [3.05, 3.63) is 70.2 Å². The summed E-state index contributed by atoms with van der Waals surface area (Å²) in [4.78, 5) is 0. The molecule has 0 heterocycles. The maximum absolute atomic E-state index is 6.00. The van der Waals surface area contributed by atoms with E-state index in [0.29, 0.717) is 18.0 Å². The van der Waals surface area contributed by atoms with Gasteiger partial charge in [-0.15, -0.1) is 0 Å². The maximum atomic E-state index is 6.00. The van der Waals surface area contributed by atoms with Crippen molar-refractivity contribution in [2.24, 2.45) is 5.92 Å². The van der Waals surface area contributed by atoms with Crippen molar-refractivity contribution < 1.29 is 0 Å². The summed E-state index contributed by atoms with van der Waals surface area (Å²) < 4.78 is 0. The lowest BCUT2D eigenvalue weighted by Gasteiger charge is -2.28. The summed E-state index contributed by atoms with van der Waals surface area (Å²) in [5, 5.41) is 4.55. The first-order valence-corrected chi connectivity index (χ1v) is 7.94. The van der Waals surface area contributed by atoms with E-state index in [1.54, 1.807) is 0 Å². The normalized spacial score (nSPS) is 14.2. The monoisotopic (exact) mass is 301 g/mol. The Bertz CT molecular complexity index is 574. The topological polar surface area (TPSA) is 12.0 Å². The van der Waals surface area contributed by atoms with Crippen LogP contribution in [0.25, 0.3) is 0 Å². The van der Waals surface area contributed by atoms with Gasteiger partial charge in [-0.1, -0.05) is 61.8 Å². The van der Waals surface area contributed by atoms with Crippen molar-refractivity contribution in [1.29, 1.82) is 0 Å². The quantitative estimate of drug-likeness (QED) is 0.747. The molecule has 2 atom stereocenters. The standard InChI is InChI=1S/C19H24ClN/c1-13(2)19(16-9-11-17(20)12-10-16)21-15(4)18-8-6-5-7-14(18)3/h5-13,15,19,21H,1-4H3. The minimum absolute atomic E-state index is 0.314. The Morgan fingerprint density at radius 2 is 1.52 bits per heavy atom. The highest BCUT2D eigenvalue weighted by Crippen LogP contribution is 2.27. The number of benzene rings is 2. The molecule has 0 aliphatic rings. The lowest BCUT2D eigenvalue weighted by atomic mass is 9.93. The zero-order valence-corrected chi connectivity index (χ0v) is 14.0. The highest BCUT2D eigenvalue weighted by Gasteiger charge is 2.19. The van der Waals surface area contributed by atoms with Gasteiger partial charge >= 0.3 is 0 Å². The van der Waals surface area contributed by atoms with Crippen LogP contribution in [-0.4, -0.2) is 0 Å². The lowest BCUT2D eigenvalue weighted by molar-refractivity contribution is 0.374. The molecule has 0 bridgehead atoms. The van der Waals surface area contributed by atoms with Gasteiger partial charge < -0.3 is 5.32 Å². The van der Waals surface area contributed by atoms with Gasteiger partial charge in [-0.05, 0) is 48.6 Å². The van der Waals surface area contributed by atoms with E-state index in [1.807, 2.05) is 12.1 Å². The molecule has 1 nitrogen and oxygen atoms in total. The molecule has 2 rings (SSSR count). The fourth-order valence-electron chi connectivity index (χ4n) is 2.78. The Labute approximate surface area is 133 Å². The molecule has 0 aromatic heterocycles. The summed E-state index contributed by atoms with van der Waals surface area (Å²) in [7, 11) is 0. The Morgan fingerprint density at radius 3 is 2.10 bits per heavy atom. The van der Waals surface area contributed by atoms with Crippen LogP contribution in [0.5, 0.6) is 0 Å². The third kappa shape index (κ3) is 4.09. The van der Waals surface area contributed by atoms with Gasteiger partial charge in [-0.2, -0.15) is 0 Å². The van der Waals surface area contributed by atoms with E-state index in [0.717, 1.165) is 5.02 Å². The molecule has 0 aliphatic carbocycles. The van der Waals surface area contributed by atoms with Crippen LogP contribution in [0.3, 0.4) is 0 Å². The predicted molar refractivity (Wildman–Crippen MR) is 91.8 cm³/mol. The van der Waals surface area contributed by atoms with Crippen molar-refractivity contribution in [3.63, 3.8) is 0 Å². The van der Waals surface area contributed by atoms with E-state index in [4.69, 9.17) is 11.6 Å². The average molecular weight is 302 g/mol. The van der Waals surface area contributed by atoms with Gasteiger partial charge in [-0.25, -0.2) is 0 Å². The first kappa shape index (κ1) is 16.1. The predicted octanol–water partition coefficient (Wildman–Crippen LogP) is 5.70. The van der Waals surface area contributed by atoms with Crippen molar-refractivity contribution in [3.8, 4) is 0 Å². The van der Waals surface area contributed by atoms with Gasteiger partial charge in [0.25, 0.3) is 0 Å². The van der Waals surface area contributed by atoms with E-state index < -0.39 is 0 Å². The smallest absolute Gasteiger partial charge is 0.0406 e. The number of hydrogen-bond acceptors (Lipinski definition) is 1. The van der Waals surface area contributed by atoms with Crippen LogP contribution in [0.2, 0.25) is 5.02 Å². The number of aryl methyl sites for hydroxylation is 1. The zero-order chi connectivity index (χ0) is 15.4. The summed E-state index contributed by atoms with van der Waals surface area (Å²) in [5.74, 6) is 0.512. The summed E-state index contributed by atoms with van der Waals surface area (Å²) in [6.45, 7) is 8.89. The van der Waals surface area contributed by atoms with Gasteiger partial charge in [0.2, 0.25) is 0 Å². The van der Waals surface area contributed by atoms with Gasteiger partial charge in [0.15, 0.2) is 0 Å². The maximum Gasteiger partial charge on any atom is 0.0406 e. The van der Waals surface area contributed by atoms with Crippen molar-refractivity contribution >= 4 is 11.6 Å². The molecule has 2 heteroatoms. The molecule has 2 aromatic carbocycles. The molecular formula is C19H24ClN. The summed E-state index contributed by atoms with van der Waals surface area (Å²) in [6, 6.07) is 17.4. The molecule has 0 saturated carbocycles. The van der Waals surface area contributed by atoms with E-state index >= 15 is 0 Å². The molecule has 0 radical (unpaired) electrons. The van der Waals surface area contributed by atoms with Crippen LogP contribution in [0, 0.1) is 12.8 Å². The molecular weight excluding hydrogens is 278 g/mol. The van der Waals surface area contributed by atoms with E-state index in [-0.39, 0.29) is 0 Å². The van der Waals surface area contributed by atoms with Crippen LogP contribution in [-0.2, 0) is 0 Å². The van der Waals surface area contributed by atoms with Gasteiger partial charge in [0.05, 0.1) is 0 Å². The molecule has 0 spiro atoms. The highest BCUT2D eigenvalue weighted by molar-refractivity contribution is 6.30. The van der Waals surface area contributed by atoms with Crippen LogP contribution >= 0.6 is 11.6 Å². The van der Waals surface area contributed by atoms with Gasteiger partial charge in [-0.3, -0.25) is 0 Å². The van der Waals surface area contributed by atoms with Crippen LogP contribution in [0.1, 0.15) is 49.5 Å². The first-order valence-electron chi connectivity index (χ1n) is 7.56. The molecule has 0 saturated heterocycles. The Morgan fingerprint density at radius 1 is 0.905 bits per heavy atom. The zero-order valence-electron chi connectivity index (χ0n) is 13.2.